The van der Waals surface area contributed by atoms with E-state index in [-0.39, 0.29) is 5.41 Å². The zero-order chi connectivity index (χ0) is 14.0. The summed E-state index contributed by atoms with van der Waals surface area (Å²) in [4.78, 5) is 9.34. The molecule has 2 rings (SSSR count). The predicted molar refractivity (Wildman–Crippen MR) is 87.6 cm³/mol. The van der Waals surface area contributed by atoms with Gasteiger partial charge in [0.05, 0.1) is 9.26 Å². The van der Waals surface area contributed by atoms with E-state index in [0.29, 0.717) is 0 Å². The Hall–Kier alpha value is -1.17. The molecule has 0 amide bonds. The number of anilines is 1. The van der Waals surface area contributed by atoms with Crippen molar-refractivity contribution in [2.45, 2.75) is 26.2 Å². The lowest BCUT2D eigenvalue weighted by Crippen LogP contribution is -2.24. The van der Waals surface area contributed by atoms with E-state index in [9.17, 15) is 0 Å². The zero-order valence-corrected chi connectivity index (χ0v) is 13.8. The summed E-state index contributed by atoms with van der Waals surface area (Å²) in [5, 5.41) is 3.14. The highest BCUT2D eigenvalue weighted by molar-refractivity contribution is 14.1. The van der Waals surface area contributed by atoms with Crippen LogP contribution in [-0.4, -0.2) is 17.0 Å². The average molecular weight is 367 g/mol. The summed E-state index contributed by atoms with van der Waals surface area (Å²) in [6.07, 6.45) is 0. The van der Waals surface area contributed by atoms with Crippen LogP contribution in [0.5, 0.6) is 0 Å². The van der Waals surface area contributed by atoms with Crippen LogP contribution in [0.2, 0.25) is 0 Å². The Morgan fingerprint density at radius 2 is 1.74 bits per heavy atom. The smallest absolute Gasteiger partial charge is 0.143 e. The molecule has 0 atom stereocenters. The van der Waals surface area contributed by atoms with Crippen LogP contribution in [0.15, 0.2) is 30.3 Å². The third-order valence-electron chi connectivity index (χ3n) is 3.31. The number of benzene rings is 1. The fraction of sp³-hybridized carbons (Fsp3) is 0.333. The van der Waals surface area contributed by atoms with Gasteiger partial charge in [-0.15, -0.1) is 0 Å². The van der Waals surface area contributed by atoms with Gasteiger partial charge >= 0.3 is 0 Å². The number of rotatable bonds is 3. The van der Waals surface area contributed by atoms with Crippen molar-refractivity contribution in [2.24, 2.45) is 0 Å². The molecular weight excluding hydrogens is 349 g/mol. The second-order valence-electron chi connectivity index (χ2n) is 5.04. The second-order valence-corrected chi connectivity index (χ2v) is 6.11. The minimum Gasteiger partial charge on any atom is -0.372 e. The van der Waals surface area contributed by atoms with Crippen LogP contribution in [0.1, 0.15) is 30.9 Å². The molecule has 0 saturated carbocycles. The fourth-order valence-electron chi connectivity index (χ4n) is 1.99. The molecule has 0 aliphatic rings. The molecule has 0 fully saturated rings. The van der Waals surface area contributed by atoms with E-state index < -0.39 is 0 Å². The molecule has 1 aromatic carbocycles. The van der Waals surface area contributed by atoms with Gasteiger partial charge in [-0.3, -0.25) is 0 Å². The lowest BCUT2D eigenvalue weighted by atomic mass is 9.83. The van der Waals surface area contributed by atoms with Crippen molar-refractivity contribution in [2.75, 3.05) is 12.4 Å². The lowest BCUT2D eigenvalue weighted by molar-refractivity contribution is 0.587. The van der Waals surface area contributed by atoms with Gasteiger partial charge in [-0.05, 0) is 48.9 Å². The lowest BCUT2D eigenvalue weighted by Gasteiger charge is -2.25. The summed E-state index contributed by atoms with van der Waals surface area (Å²) >= 11 is 2.28. The second kappa shape index (κ2) is 5.45. The summed E-state index contributed by atoms with van der Waals surface area (Å²) in [7, 11) is 1.89. The van der Waals surface area contributed by atoms with Crippen LogP contribution in [-0.2, 0) is 5.41 Å². The molecule has 1 N–H and O–H groups in total. The number of hydrogen-bond acceptors (Lipinski definition) is 3. The monoisotopic (exact) mass is 367 g/mol. The van der Waals surface area contributed by atoms with Crippen LogP contribution in [0.3, 0.4) is 0 Å². The van der Waals surface area contributed by atoms with Crippen molar-refractivity contribution in [1.82, 2.24) is 9.97 Å². The van der Waals surface area contributed by atoms with Gasteiger partial charge < -0.3 is 5.32 Å². The Kier molecular flexibility index (Phi) is 4.08. The molecule has 19 heavy (non-hydrogen) atoms. The Labute approximate surface area is 128 Å². The molecule has 0 bridgehead atoms. The highest BCUT2D eigenvalue weighted by Crippen LogP contribution is 2.31. The van der Waals surface area contributed by atoms with Crippen molar-refractivity contribution in [3.8, 4) is 0 Å². The molecule has 0 spiro atoms. The maximum Gasteiger partial charge on any atom is 0.143 e. The van der Waals surface area contributed by atoms with E-state index in [0.717, 1.165) is 20.9 Å². The SMILES string of the molecule is CNc1nc(C(C)(C)c2ccccc2)nc(C)c1I. The largest absolute Gasteiger partial charge is 0.372 e. The van der Waals surface area contributed by atoms with Gasteiger partial charge in [0.1, 0.15) is 11.6 Å². The van der Waals surface area contributed by atoms with Crippen molar-refractivity contribution in [3.63, 3.8) is 0 Å². The molecule has 100 valence electrons. The number of nitrogens with zero attached hydrogens (tertiary/aromatic N) is 2. The van der Waals surface area contributed by atoms with E-state index in [1.807, 2.05) is 20.0 Å². The van der Waals surface area contributed by atoms with E-state index in [1.54, 1.807) is 0 Å². The van der Waals surface area contributed by atoms with E-state index in [1.165, 1.54) is 5.56 Å². The average Bonchev–Trinajstić information content (AvgIpc) is 2.42. The topological polar surface area (TPSA) is 37.8 Å². The van der Waals surface area contributed by atoms with Gasteiger partial charge in [-0.2, -0.15) is 0 Å². The maximum absolute atomic E-state index is 4.67. The fourth-order valence-corrected chi connectivity index (χ4v) is 2.50. The summed E-state index contributed by atoms with van der Waals surface area (Å²) < 4.78 is 1.08. The number of nitrogens with one attached hydrogen (secondary N) is 1. The maximum atomic E-state index is 4.67. The van der Waals surface area contributed by atoms with Crippen molar-refractivity contribution < 1.29 is 0 Å². The number of halogens is 1. The number of aryl methyl sites for hydroxylation is 1. The van der Waals surface area contributed by atoms with E-state index in [2.05, 4.69) is 76.0 Å². The molecular formula is C15H18IN3. The van der Waals surface area contributed by atoms with Gasteiger partial charge in [0.25, 0.3) is 0 Å². The first-order chi connectivity index (χ1) is 8.96. The normalized spacial score (nSPS) is 11.4. The highest BCUT2D eigenvalue weighted by atomic mass is 127. The Bertz CT molecular complexity index is 579. The molecule has 0 aliphatic carbocycles. The van der Waals surface area contributed by atoms with E-state index >= 15 is 0 Å². The third kappa shape index (κ3) is 2.73. The Morgan fingerprint density at radius 3 is 2.32 bits per heavy atom. The number of aromatic nitrogens is 2. The summed E-state index contributed by atoms with van der Waals surface area (Å²) in [5.74, 6) is 1.74. The molecule has 2 aromatic rings. The first-order valence-electron chi connectivity index (χ1n) is 6.24. The first kappa shape index (κ1) is 14.2. The number of hydrogen-bond donors (Lipinski definition) is 1. The molecule has 0 aliphatic heterocycles. The Morgan fingerprint density at radius 1 is 1.11 bits per heavy atom. The molecule has 0 radical (unpaired) electrons. The minimum absolute atomic E-state index is 0.206. The van der Waals surface area contributed by atoms with Gasteiger partial charge in [0.15, 0.2) is 0 Å². The standard InChI is InChI=1S/C15H18IN3/c1-10-12(16)13(17-4)19-14(18-10)15(2,3)11-8-6-5-7-9-11/h5-9H,1-4H3,(H,17,18,19). The van der Waals surface area contributed by atoms with Gasteiger partial charge in [-0.25, -0.2) is 9.97 Å². The van der Waals surface area contributed by atoms with Crippen LogP contribution < -0.4 is 5.32 Å². The van der Waals surface area contributed by atoms with Crippen molar-refractivity contribution in [1.29, 1.82) is 0 Å². The Balaban J connectivity index is 2.55. The molecule has 1 heterocycles. The summed E-state index contributed by atoms with van der Waals surface area (Å²) in [6.45, 7) is 6.34. The zero-order valence-electron chi connectivity index (χ0n) is 11.7. The quantitative estimate of drug-likeness (QED) is 0.840. The highest BCUT2D eigenvalue weighted by Gasteiger charge is 2.27. The van der Waals surface area contributed by atoms with Gasteiger partial charge in [0.2, 0.25) is 0 Å². The molecule has 3 nitrogen and oxygen atoms in total. The van der Waals surface area contributed by atoms with Crippen LogP contribution in [0.4, 0.5) is 5.82 Å². The van der Waals surface area contributed by atoms with Crippen LogP contribution in [0.25, 0.3) is 0 Å². The first-order valence-corrected chi connectivity index (χ1v) is 7.32. The van der Waals surface area contributed by atoms with Gasteiger partial charge in [0, 0.05) is 12.5 Å². The van der Waals surface area contributed by atoms with Crippen LogP contribution in [0, 0.1) is 10.5 Å². The molecule has 4 heteroatoms. The predicted octanol–water partition coefficient (Wildman–Crippen LogP) is 3.76. The summed E-state index contributed by atoms with van der Waals surface area (Å²) in [6, 6.07) is 10.4. The molecule has 1 aromatic heterocycles. The molecule has 0 saturated heterocycles. The van der Waals surface area contributed by atoms with Gasteiger partial charge in [-0.1, -0.05) is 30.3 Å². The third-order valence-corrected chi connectivity index (χ3v) is 4.60. The molecule has 0 unspecified atom stereocenters. The van der Waals surface area contributed by atoms with Crippen LogP contribution >= 0.6 is 22.6 Å². The van der Waals surface area contributed by atoms with Crippen molar-refractivity contribution in [3.05, 3.63) is 51.0 Å². The summed E-state index contributed by atoms with van der Waals surface area (Å²) in [5.41, 5.74) is 2.03. The minimum atomic E-state index is -0.206. The van der Waals surface area contributed by atoms with E-state index in [4.69, 9.17) is 0 Å². The van der Waals surface area contributed by atoms with Crippen molar-refractivity contribution >= 4 is 28.4 Å².